The molecular formula is C33H43FN4. The number of aromatic nitrogens is 1. The van der Waals surface area contributed by atoms with E-state index in [9.17, 15) is 0 Å². The van der Waals surface area contributed by atoms with Crippen molar-refractivity contribution in [1.29, 1.82) is 0 Å². The lowest BCUT2D eigenvalue weighted by Gasteiger charge is -2.37. The molecule has 1 aliphatic heterocycles. The van der Waals surface area contributed by atoms with Crippen LogP contribution < -0.4 is 5.32 Å². The Balaban J connectivity index is 1.72. The number of aryl methyl sites for hydroxylation is 2. The lowest BCUT2D eigenvalue weighted by Crippen LogP contribution is -2.44. The van der Waals surface area contributed by atoms with Gasteiger partial charge in [-0.25, -0.2) is 4.39 Å². The minimum Gasteiger partial charge on any atom is -0.372 e. The number of unbranched alkanes of at least 4 members (excludes halogenated alkanes) is 1. The van der Waals surface area contributed by atoms with Crippen LogP contribution in [-0.4, -0.2) is 41.0 Å². The van der Waals surface area contributed by atoms with Crippen molar-refractivity contribution >= 4 is 0 Å². The summed E-state index contributed by atoms with van der Waals surface area (Å²) in [4.78, 5) is 8.93. The maximum Gasteiger partial charge on any atom is 0.127 e. The summed E-state index contributed by atoms with van der Waals surface area (Å²) < 4.78 is 15.2. The number of rotatable bonds is 12. The van der Waals surface area contributed by atoms with Crippen LogP contribution in [-0.2, 0) is 6.42 Å². The number of halogens is 1. The van der Waals surface area contributed by atoms with Crippen LogP contribution in [0.15, 0.2) is 91.2 Å². The Bertz CT molecular complexity index is 1220. The third-order valence-electron chi connectivity index (χ3n) is 6.99. The number of allylic oxidation sites excluding steroid dienone is 6. The molecule has 5 heteroatoms. The van der Waals surface area contributed by atoms with Crippen molar-refractivity contribution in [1.82, 2.24) is 20.1 Å². The molecule has 2 aromatic rings. The van der Waals surface area contributed by atoms with Gasteiger partial charge in [0.25, 0.3) is 0 Å². The van der Waals surface area contributed by atoms with E-state index in [1.54, 1.807) is 12.3 Å². The van der Waals surface area contributed by atoms with Crippen LogP contribution in [0.3, 0.4) is 0 Å². The molecule has 3 rings (SSSR count). The Morgan fingerprint density at radius 1 is 1.08 bits per heavy atom. The topological polar surface area (TPSA) is 31.4 Å². The van der Waals surface area contributed by atoms with Gasteiger partial charge in [-0.2, -0.15) is 0 Å². The third-order valence-corrected chi connectivity index (χ3v) is 6.99. The number of benzene rings is 1. The smallest absolute Gasteiger partial charge is 0.127 e. The Labute approximate surface area is 229 Å². The molecule has 0 radical (unpaired) electrons. The molecule has 0 atom stereocenters. The van der Waals surface area contributed by atoms with Gasteiger partial charge < -0.3 is 15.1 Å². The van der Waals surface area contributed by atoms with Gasteiger partial charge >= 0.3 is 0 Å². The van der Waals surface area contributed by atoms with Gasteiger partial charge in [0, 0.05) is 67.3 Å². The maximum atomic E-state index is 15.2. The SMILES string of the molecule is C=C/C(=C\C=C(/CCCC)NC(=C)Cc1cc(C)c(-c2ccnc(C)c2)cc1F)N1CCN(C(=C)C)CC1. The molecule has 1 fully saturated rings. The normalized spacial score (nSPS) is 14.4. The second-order valence-corrected chi connectivity index (χ2v) is 10.2. The molecule has 1 aliphatic rings. The lowest BCUT2D eigenvalue weighted by molar-refractivity contribution is 0.197. The van der Waals surface area contributed by atoms with E-state index in [0.29, 0.717) is 12.0 Å². The quantitative estimate of drug-likeness (QED) is 0.298. The maximum absolute atomic E-state index is 15.2. The highest BCUT2D eigenvalue weighted by molar-refractivity contribution is 5.68. The highest BCUT2D eigenvalue weighted by Crippen LogP contribution is 2.27. The van der Waals surface area contributed by atoms with Crippen molar-refractivity contribution in [3.8, 4) is 11.1 Å². The average Bonchev–Trinajstić information content (AvgIpc) is 2.89. The lowest BCUT2D eigenvalue weighted by atomic mass is 9.96. The summed E-state index contributed by atoms with van der Waals surface area (Å²) in [6.45, 7) is 24.4. The highest BCUT2D eigenvalue weighted by Gasteiger charge is 2.17. The molecule has 1 saturated heterocycles. The van der Waals surface area contributed by atoms with Gasteiger partial charge in [0.1, 0.15) is 5.82 Å². The zero-order valence-electron chi connectivity index (χ0n) is 23.6. The highest BCUT2D eigenvalue weighted by atomic mass is 19.1. The zero-order chi connectivity index (χ0) is 27.7. The van der Waals surface area contributed by atoms with E-state index >= 15 is 4.39 Å². The van der Waals surface area contributed by atoms with Crippen molar-refractivity contribution in [3.63, 3.8) is 0 Å². The van der Waals surface area contributed by atoms with Crippen molar-refractivity contribution < 1.29 is 4.39 Å². The Hall–Kier alpha value is -3.60. The Kier molecular flexibility index (Phi) is 10.5. The van der Waals surface area contributed by atoms with E-state index in [-0.39, 0.29) is 5.82 Å². The van der Waals surface area contributed by atoms with Crippen LogP contribution in [0.25, 0.3) is 11.1 Å². The minimum atomic E-state index is -0.218. The second kappa shape index (κ2) is 13.8. The summed E-state index contributed by atoms with van der Waals surface area (Å²) in [5, 5.41) is 3.48. The van der Waals surface area contributed by atoms with Crippen LogP contribution in [0.1, 0.15) is 49.9 Å². The van der Waals surface area contributed by atoms with Crippen molar-refractivity contribution in [2.45, 2.75) is 53.4 Å². The molecule has 1 aromatic carbocycles. The molecule has 0 saturated carbocycles. The third kappa shape index (κ3) is 7.95. The summed E-state index contributed by atoms with van der Waals surface area (Å²) in [5.74, 6) is -0.218. The van der Waals surface area contributed by atoms with Gasteiger partial charge in [-0.3, -0.25) is 4.98 Å². The summed E-state index contributed by atoms with van der Waals surface area (Å²) in [6, 6.07) is 7.47. The van der Waals surface area contributed by atoms with Gasteiger partial charge in [-0.05, 0) is 92.3 Å². The molecule has 202 valence electrons. The molecule has 0 unspecified atom stereocenters. The number of nitrogens with zero attached hydrogens (tertiary/aromatic N) is 3. The largest absolute Gasteiger partial charge is 0.372 e. The number of nitrogens with one attached hydrogen (secondary N) is 1. The van der Waals surface area contributed by atoms with Crippen LogP contribution in [0.5, 0.6) is 0 Å². The van der Waals surface area contributed by atoms with Crippen molar-refractivity contribution in [2.75, 3.05) is 26.2 Å². The number of pyridine rings is 1. The summed E-state index contributed by atoms with van der Waals surface area (Å²) in [6.07, 6.45) is 11.4. The van der Waals surface area contributed by atoms with Crippen LogP contribution >= 0.6 is 0 Å². The van der Waals surface area contributed by atoms with Crippen LogP contribution in [0.4, 0.5) is 4.39 Å². The predicted molar refractivity (Wildman–Crippen MR) is 159 cm³/mol. The standard InChI is InChI=1S/C33H43FN4/c1-8-10-11-30(12-13-31(9-2)38-18-16-37(17-19-38)24(3)4)36-27(7)22-29-20-25(5)32(23-33(29)34)28-14-15-35-26(6)21-28/h9,12-15,20-21,23,36H,2-3,7-8,10-11,16-19,22H2,1,4-6H3/b30-12+,31-13+. The molecule has 2 heterocycles. The number of piperazine rings is 1. The number of hydrogen-bond acceptors (Lipinski definition) is 4. The first-order valence-corrected chi connectivity index (χ1v) is 13.6. The summed E-state index contributed by atoms with van der Waals surface area (Å²) in [5.41, 5.74) is 8.55. The average molecular weight is 515 g/mol. The monoisotopic (exact) mass is 514 g/mol. The van der Waals surface area contributed by atoms with Crippen LogP contribution in [0, 0.1) is 19.7 Å². The molecule has 0 aliphatic carbocycles. The molecule has 4 nitrogen and oxygen atoms in total. The van der Waals surface area contributed by atoms with E-state index in [4.69, 9.17) is 0 Å². The predicted octanol–water partition coefficient (Wildman–Crippen LogP) is 7.45. The first-order chi connectivity index (χ1) is 18.2. The van der Waals surface area contributed by atoms with Gasteiger partial charge in [-0.1, -0.05) is 39.1 Å². The van der Waals surface area contributed by atoms with E-state index in [2.05, 4.69) is 65.8 Å². The van der Waals surface area contributed by atoms with E-state index < -0.39 is 0 Å². The van der Waals surface area contributed by atoms with Crippen LogP contribution in [0.2, 0.25) is 0 Å². The Morgan fingerprint density at radius 3 is 2.42 bits per heavy atom. The van der Waals surface area contributed by atoms with Crippen molar-refractivity contribution in [3.05, 3.63) is 114 Å². The molecule has 0 spiro atoms. The molecule has 0 bridgehead atoms. The fraction of sp³-hybridized carbons (Fsp3) is 0.364. The molecule has 0 amide bonds. The second-order valence-electron chi connectivity index (χ2n) is 10.2. The van der Waals surface area contributed by atoms with E-state index in [0.717, 1.165) is 90.6 Å². The number of hydrogen-bond donors (Lipinski definition) is 1. The fourth-order valence-electron chi connectivity index (χ4n) is 4.79. The minimum absolute atomic E-state index is 0.218. The van der Waals surface area contributed by atoms with Gasteiger partial charge in [-0.15, -0.1) is 0 Å². The van der Waals surface area contributed by atoms with Gasteiger partial charge in [0.05, 0.1) is 0 Å². The zero-order valence-corrected chi connectivity index (χ0v) is 23.6. The summed E-state index contributed by atoms with van der Waals surface area (Å²) in [7, 11) is 0. The summed E-state index contributed by atoms with van der Waals surface area (Å²) >= 11 is 0. The van der Waals surface area contributed by atoms with E-state index in [1.165, 1.54) is 0 Å². The fourth-order valence-corrected chi connectivity index (χ4v) is 4.79. The Morgan fingerprint density at radius 2 is 1.79 bits per heavy atom. The van der Waals surface area contributed by atoms with Gasteiger partial charge in [0.2, 0.25) is 0 Å². The molecule has 1 aromatic heterocycles. The van der Waals surface area contributed by atoms with Crippen molar-refractivity contribution in [2.24, 2.45) is 0 Å². The first-order valence-electron chi connectivity index (χ1n) is 13.6. The van der Waals surface area contributed by atoms with Gasteiger partial charge in [0.15, 0.2) is 0 Å². The molecular weight excluding hydrogens is 471 g/mol. The molecule has 1 N–H and O–H groups in total. The molecule has 38 heavy (non-hydrogen) atoms. The van der Waals surface area contributed by atoms with E-state index in [1.807, 2.05) is 38.1 Å². The first kappa shape index (κ1) is 29.0.